The molecule has 104 valence electrons. The lowest BCUT2D eigenvalue weighted by Crippen LogP contribution is -2.06. The molecule has 1 aromatic carbocycles. The van der Waals surface area contributed by atoms with Gasteiger partial charge >= 0.3 is 0 Å². The van der Waals surface area contributed by atoms with Crippen LogP contribution in [-0.4, -0.2) is 9.91 Å². The van der Waals surface area contributed by atoms with Crippen molar-refractivity contribution in [2.75, 3.05) is 11.1 Å². The van der Waals surface area contributed by atoms with E-state index in [1.807, 2.05) is 6.07 Å². The van der Waals surface area contributed by atoms with Gasteiger partial charge in [0.05, 0.1) is 21.1 Å². The highest BCUT2D eigenvalue weighted by Gasteiger charge is 2.21. The van der Waals surface area contributed by atoms with Crippen LogP contribution in [0.3, 0.4) is 0 Å². The lowest BCUT2D eigenvalue weighted by molar-refractivity contribution is -0.384. The van der Waals surface area contributed by atoms with Crippen LogP contribution in [0.4, 0.5) is 21.5 Å². The highest BCUT2D eigenvalue weighted by molar-refractivity contribution is 9.10. The minimum Gasteiger partial charge on any atom is -0.392 e. The third-order valence-electron chi connectivity index (χ3n) is 2.62. The van der Waals surface area contributed by atoms with Crippen LogP contribution < -0.4 is 11.1 Å². The van der Waals surface area contributed by atoms with E-state index in [-0.39, 0.29) is 15.8 Å². The van der Waals surface area contributed by atoms with E-state index in [4.69, 9.17) is 5.73 Å². The molecule has 2 rings (SSSR count). The summed E-state index contributed by atoms with van der Waals surface area (Å²) in [7, 11) is 0. The summed E-state index contributed by atoms with van der Waals surface area (Å²) in [6.45, 7) is 0.320. The summed E-state index contributed by atoms with van der Waals surface area (Å²) in [5, 5.41) is 13.6. The number of nitro groups is 1. The zero-order chi connectivity index (χ0) is 14.7. The number of pyridine rings is 1. The minimum absolute atomic E-state index is 0.0805. The standard InChI is InChI=1S/C12H10BrFN4O2/c13-10-11(15)9(18(19)20)4-8(14)12(10)17-6-7-2-1-3-16-5-7/h1-5,17H,6,15H2. The average Bonchev–Trinajstić information content (AvgIpc) is 2.43. The average molecular weight is 341 g/mol. The summed E-state index contributed by atoms with van der Waals surface area (Å²) in [5.41, 5.74) is 5.95. The van der Waals surface area contributed by atoms with Crippen molar-refractivity contribution in [3.63, 3.8) is 0 Å². The number of nitro benzene ring substituents is 1. The number of anilines is 2. The number of hydrogen-bond acceptors (Lipinski definition) is 5. The number of nitrogen functional groups attached to an aromatic ring is 1. The second-order valence-corrected chi connectivity index (χ2v) is 4.75. The van der Waals surface area contributed by atoms with E-state index in [1.165, 1.54) is 0 Å². The van der Waals surface area contributed by atoms with Crippen molar-refractivity contribution in [1.29, 1.82) is 0 Å². The molecule has 1 heterocycles. The Bertz CT molecular complexity index is 652. The summed E-state index contributed by atoms with van der Waals surface area (Å²) in [5.74, 6) is -0.748. The summed E-state index contributed by atoms with van der Waals surface area (Å²) in [4.78, 5) is 13.9. The van der Waals surface area contributed by atoms with Crippen LogP contribution in [0.25, 0.3) is 0 Å². The Kier molecular flexibility index (Phi) is 4.14. The van der Waals surface area contributed by atoms with Gasteiger partial charge in [0.15, 0.2) is 5.82 Å². The van der Waals surface area contributed by atoms with Crippen LogP contribution in [0.15, 0.2) is 35.1 Å². The Morgan fingerprint density at radius 1 is 1.55 bits per heavy atom. The maximum absolute atomic E-state index is 13.9. The molecule has 0 unspecified atom stereocenters. The van der Waals surface area contributed by atoms with Crippen molar-refractivity contribution in [3.8, 4) is 0 Å². The van der Waals surface area contributed by atoms with Gasteiger partial charge in [0, 0.05) is 18.9 Å². The third-order valence-corrected chi connectivity index (χ3v) is 3.45. The van der Waals surface area contributed by atoms with E-state index in [0.717, 1.165) is 11.6 Å². The fraction of sp³-hybridized carbons (Fsp3) is 0.0833. The van der Waals surface area contributed by atoms with E-state index in [1.54, 1.807) is 18.5 Å². The maximum Gasteiger partial charge on any atom is 0.296 e. The molecule has 0 saturated carbocycles. The van der Waals surface area contributed by atoms with Crippen LogP contribution in [0.1, 0.15) is 5.56 Å². The summed E-state index contributed by atoms with van der Waals surface area (Å²) < 4.78 is 14.0. The Balaban J connectivity index is 2.29. The molecule has 1 aromatic heterocycles. The monoisotopic (exact) mass is 340 g/mol. The molecular weight excluding hydrogens is 331 g/mol. The lowest BCUT2D eigenvalue weighted by Gasteiger charge is -2.11. The number of rotatable bonds is 4. The predicted molar refractivity (Wildman–Crippen MR) is 76.7 cm³/mol. The van der Waals surface area contributed by atoms with Gasteiger partial charge in [-0.15, -0.1) is 0 Å². The van der Waals surface area contributed by atoms with Crippen molar-refractivity contribution < 1.29 is 9.31 Å². The largest absolute Gasteiger partial charge is 0.392 e. The quantitative estimate of drug-likeness (QED) is 0.506. The number of nitrogens with two attached hydrogens (primary N) is 1. The highest BCUT2D eigenvalue weighted by Crippen LogP contribution is 2.38. The molecule has 0 saturated heterocycles. The minimum atomic E-state index is -0.748. The highest BCUT2D eigenvalue weighted by atomic mass is 79.9. The number of nitrogens with one attached hydrogen (secondary N) is 1. The molecule has 0 radical (unpaired) electrons. The van der Waals surface area contributed by atoms with Crippen LogP contribution in [0.2, 0.25) is 0 Å². The van der Waals surface area contributed by atoms with E-state index < -0.39 is 16.4 Å². The summed E-state index contributed by atoms with van der Waals surface area (Å²) in [6.07, 6.45) is 3.26. The van der Waals surface area contributed by atoms with Crippen molar-refractivity contribution in [2.45, 2.75) is 6.54 Å². The smallest absolute Gasteiger partial charge is 0.296 e. The van der Waals surface area contributed by atoms with Gasteiger partial charge < -0.3 is 11.1 Å². The van der Waals surface area contributed by atoms with Crippen LogP contribution in [0.5, 0.6) is 0 Å². The van der Waals surface area contributed by atoms with Gasteiger partial charge in [-0.25, -0.2) is 4.39 Å². The first-order valence-electron chi connectivity index (χ1n) is 5.55. The lowest BCUT2D eigenvalue weighted by atomic mass is 10.2. The molecule has 0 aliphatic carbocycles. The SMILES string of the molecule is Nc1c([N+](=O)[O-])cc(F)c(NCc2cccnc2)c1Br. The molecule has 2 aromatic rings. The number of benzene rings is 1. The molecule has 0 fully saturated rings. The van der Waals surface area contributed by atoms with Gasteiger partial charge in [-0.2, -0.15) is 0 Å². The van der Waals surface area contributed by atoms with Gasteiger partial charge in [0.2, 0.25) is 0 Å². The number of nitrogens with zero attached hydrogens (tertiary/aromatic N) is 2. The van der Waals surface area contributed by atoms with Crippen LogP contribution in [0, 0.1) is 15.9 Å². The van der Waals surface area contributed by atoms with Crippen molar-refractivity contribution >= 4 is 33.0 Å². The Hall–Kier alpha value is -2.22. The third kappa shape index (κ3) is 2.85. The second kappa shape index (κ2) is 5.83. The van der Waals surface area contributed by atoms with Gasteiger partial charge in [-0.1, -0.05) is 6.07 Å². The van der Waals surface area contributed by atoms with Crippen LogP contribution >= 0.6 is 15.9 Å². The molecular formula is C12H10BrFN4O2. The maximum atomic E-state index is 13.9. The molecule has 6 nitrogen and oxygen atoms in total. The van der Waals surface area contributed by atoms with Crippen molar-refractivity contribution in [3.05, 3.63) is 56.6 Å². The van der Waals surface area contributed by atoms with E-state index in [2.05, 4.69) is 26.2 Å². The zero-order valence-electron chi connectivity index (χ0n) is 10.1. The first-order valence-corrected chi connectivity index (χ1v) is 6.34. The Labute approximate surface area is 122 Å². The molecule has 0 aliphatic rings. The number of halogens is 2. The molecule has 3 N–H and O–H groups in total. The van der Waals surface area contributed by atoms with Gasteiger partial charge in [-0.05, 0) is 27.6 Å². The normalized spacial score (nSPS) is 10.3. The predicted octanol–water partition coefficient (Wildman–Crippen LogP) is 3.09. The number of aromatic nitrogens is 1. The van der Waals surface area contributed by atoms with Crippen LogP contribution in [-0.2, 0) is 6.54 Å². The summed E-state index contributed by atoms with van der Waals surface area (Å²) in [6, 6.07) is 4.37. The molecule has 20 heavy (non-hydrogen) atoms. The van der Waals surface area contributed by atoms with E-state index >= 15 is 0 Å². The molecule has 0 aliphatic heterocycles. The molecule has 0 atom stereocenters. The van der Waals surface area contributed by atoms with E-state index in [9.17, 15) is 14.5 Å². The van der Waals surface area contributed by atoms with Gasteiger partial charge in [0.25, 0.3) is 5.69 Å². The second-order valence-electron chi connectivity index (χ2n) is 3.95. The van der Waals surface area contributed by atoms with Gasteiger partial charge in [0.1, 0.15) is 5.69 Å². The number of hydrogen-bond donors (Lipinski definition) is 2. The molecule has 0 amide bonds. The molecule has 8 heteroatoms. The van der Waals surface area contributed by atoms with Gasteiger partial charge in [-0.3, -0.25) is 15.1 Å². The summed E-state index contributed by atoms with van der Waals surface area (Å²) >= 11 is 3.08. The zero-order valence-corrected chi connectivity index (χ0v) is 11.7. The fourth-order valence-corrected chi connectivity index (χ4v) is 2.16. The Morgan fingerprint density at radius 3 is 2.90 bits per heavy atom. The molecule has 0 bridgehead atoms. The first kappa shape index (κ1) is 14.2. The Morgan fingerprint density at radius 2 is 2.30 bits per heavy atom. The van der Waals surface area contributed by atoms with E-state index in [0.29, 0.717) is 6.54 Å². The fourth-order valence-electron chi connectivity index (χ4n) is 1.63. The molecule has 0 spiro atoms. The topological polar surface area (TPSA) is 94.1 Å². The first-order chi connectivity index (χ1) is 9.50. The van der Waals surface area contributed by atoms with Crippen molar-refractivity contribution in [2.24, 2.45) is 0 Å². The van der Waals surface area contributed by atoms with Crippen molar-refractivity contribution in [1.82, 2.24) is 4.98 Å².